The van der Waals surface area contributed by atoms with Crippen molar-refractivity contribution in [2.45, 2.75) is 13.8 Å². The zero-order valence-corrected chi connectivity index (χ0v) is 12.0. The molecule has 2 N–H and O–H groups in total. The average Bonchev–Trinajstić information content (AvgIpc) is 2.67. The monoisotopic (exact) mass is 290 g/mol. The molecule has 0 saturated heterocycles. The highest BCUT2D eigenvalue weighted by atomic mass is 32.2. The molecule has 108 valence electrons. The SMILES string of the molecule is CCOC(=O)c1c(NS(=O)(=O)CCOC)c[nH]c1C. The molecule has 0 unspecified atom stereocenters. The quantitative estimate of drug-likeness (QED) is 0.727. The summed E-state index contributed by atoms with van der Waals surface area (Å²) >= 11 is 0. The van der Waals surface area contributed by atoms with Gasteiger partial charge in [-0.05, 0) is 13.8 Å². The molecule has 0 aliphatic rings. The minimum Gasteiger partial charge on any atom is -0.462 e. The fourth-order valence-electron chi connectivity index (χ4n) is 1.49. The van der Waals surface area contributed by atoms with Crippen molar-refractivity contribution in [2.24, 2.45) is 0 Å². The van der Waals surface area contributed by atoms with Crippen LogP contribution in [0, 0.1) is 6.92 Å². The number of nitrogens with one attached hydrogen (secondary N) is 2. The normalized spacial score (nSPS) is 11.3. The number of anilines is 1. The van der Waals surface area contributed by atoms with E-state index in [2.05, 4.69) is 9.71 Å². The molecule has 1 heterocycles. The van der Waals surface area contributed by atoms with Gasteiger partial charge in [0.1, 0.15) is 5.56 Å². The van der Waals surface area contributed by atoms with Crippen molar-refractivity contribution in [3.05, 3.63) is 17.5 Å². The number of sulfonamides is 1. The van der Waals surface area contributed by atoms with Crippen molar-refractivity contribution in [2.75, 3.05) is 30.8 Å². The highest BCUT2D eigenvalue weighted by Gasteiger charge is 2.21. The van der Waals surface area contributed by atoms with E-state index in [1.165, 1.54) is 13.3 Å². The molecule has 1 rings (SSSR count). The largest absolute Gasteiger partial charge is 0.462 e. The number of aromatic nitrogens is 1. The molecule has 8 heteroatoms. The molecule has 0 amide bonds. The van der Waals surface area contributed by atoms with Gasteiger partial charge in [0.2, 0.25) is 10.0 Å². The van der Waals surface area contributed by atoms with E-state index in [1.54, 1.807) is 13.8 Å². The molecule has 0 spiro atoms. The van der Waals surface area contributed by atoms with Gasteiger partial charge in [-0.1, -0.05) is 0 Å². The number of hydrogen-bond acceptors (Lipinski definition) is 5. The zero-order chi connectivity index (χ0) is 14.5. The minimum atomic E-state index is -3.56. The minimum absolute atomic E-state index is 0.0769. The Bertz CT molecular complexity index is 535. The third-order valence-corrected chi connectivity index (χ3v) is 3.61. The lowest BCUT2D eigenvalue weighted by molar-refractivity contribution is 0.0527. The first-order chi connectivity index (χ1) is 8.91. The molecule has 7 nitrogen and oxygen atoms in total. The molecule has 0 aliphatic heterocycles. The number of carbonyl (C=O) groups excluding carboxylic acids is 1. The Morgan fingerprint density at radius 3 is 2.74 bits per heavy atom. The van der Waals surface area contributed by atoms with Gasteiger partial charge in [0, 0.05) is 19.0 Å². The number of aromatic amines is 1. The summed E-state index contributed by atoms with van der Waals surface area (Å²) in [5.74, 6) is -0.749. The fraction of sp³-hybridized carbons (Fsp3) is 0.545. The molecule has 0 saturated carbocycles. The molecule has 1 aromatic rings. The molecule has 0 bridgehead atoms. The van der Waals surface area contributed by atoms with Crippen LogP contribution in [0.4, 0.5) is 5.69 Å². The zero-order valence-electron chi connectivity index (χ0n) is 11.1. The maximum Gasteiger partial charge on any atom is 0.342 e. The van der Waals surface area contributed by atoms with E-state index in [0.29, 0.717) is 5.69 Å². The molecule has 0 atom stereocenters. The second-order valence-electron chi connectivity index (χ2n) is 3.84. The summed E-state index contributed by atoms with van der Waals surface area (Å²) in [6.07, 6.45) is 1.42. The first-order valence-corrected chi connectivity index (χ1v) is 7.41. The van der Waals surface area contributed by atoms with Crippen molar-refractivity contribution in [1.29, 1.82) is 0 Å². The third-order valence-electron chi connectivity index (χ3n) is 2.38. The fourth-order valence-corrected chi connectivity index (χ4v) is 2.47. The summed E-state index contributed by atoms with van der Waals surface area (Å²) in [5.41, 5.74) is 0.929. The Morgan fingerprint density at radius 2 is 2.16 bits per heavy atom. The van der Waals surface area contributed by atoms with Crippen LogP contribution in [0.15, 0.2) is 6.20 Å². The molecule has 0 aliphatic carbocycles. The van der Waals surface area contributed by atoms with Crippen LogP contribution >= 0.6 is 0 Å². The maximum absolute atomic E-state index is 11.7. The lowest BCUT2D eigenvalue weighted by Gasteiger charge is -2.08. The van der Waals surface area contributed by atoms with Crippen LogP contribution < -0.4 is 4.72 Å². The van der Waals surface area contributed by atoms with Gasteiger partial charge in [-0.3, -0.25) is 4.72 Å². The molecule has 0 fully saturated rings. The second-order valence-corrected chi connectivity index (χ2v) is 5.68. The van der Waals surface area contributed by atoms with Crippen molar-refractivity contribution in [3.8, 4) is 0 Å². The van der Waals surface area contributed by atoms with Gasteiger partial charge in [-0.15, -0.1) is 0 Å². The average molecular weight is 290 g/mol. The first kappa shape index (κ1) is 15.5. The smallest absolute Gasteiger partial charge is 0.342 e. The Kier molecular flexibility index (Phi) is 5.37. The molecule has 1 aromatic heterocycles. The second kappa shape index (κ2) is 6.58. The molecule has 0 radical (unpaired) electrons. The van der Waals surface area contributed by atoms with Gasteiger partial charge in [0.05, 0.1) is 24.7 Å². The van der Waals surface area contributed by atoms with Gasteiger partial charge in [-0.25, -0.2) is 13.2 Å². The van der Waals surface area contributed by atoms with Crippen molar-refractivity contribution < 1.29 is 22.7 Å². The van der Waals surface area contributed by atoms with E-state index < -0.39 is 16.0 Å². The Morgan fingerprint density at radius 1 is 1.47 bits per heavy atom. The van der Waals surface area contributed by atoms with Gasteiger partial charge in [-0.2, -0.15) is 0 Å². The highest BCUT2D eigenvalue weighted by Crippen LogP contribution is 2.21. The summed E-state index contributed by atoms with van der Waals surface area (Å²) in [6.45, 7) is 3.65. The number of esters is 1. The standard InChI is InChI=1S/C11H18N2O5S/c1-4-18-11(14)10-8(2)12-7-9(10)13-19(15,16)6-5-17-3/h7,12-13H,4-6H2,1-3H3. The summed E-state index contributed by atoms with van der Waals surface area (Å²) in [4.78, 5) is 14.5. The van der Waals surface area contributed by atoms with E-state index >= 15 is 0 Å². The first-order valence-electron chi connectivity index (χ1n) is 5.75. The predicted molar refractivity (Wildman–Crippen MR) is 70.8 cm³/mol. The van der Waals surface area contributed by atoms with Crippen molar-refractivity contribution in [1.82, 2.24) is 4.98 Å². The Hall–Kier alpha value is -1.54. The summed E-state index contributed by atoms with van der Waals surface area (Å²) in [5, 5.41) is 0. The maximum atomic E-state index is 11.7. The van der Waals surface area contributed by atoms with E-state index in [-0.39, 0.29) is 30.2 Å². The lowest BCUT2D eigenvalue weighted by Crippen LogP contribution is -2.21. The number of rotatable bonds is 7. The van der Waals surface area contributed by atoms with Gasteiger partial charge in [0.15, 0.2) is 0 Å². The van der Waals surface area contributed by atoms with Crippen LogP contribution in [0.1, 0.15) is 23.0 Å². The van der Waals surface area contributed by atoms with Crippen LogP contribution in [0.3, 0.4) is 0 Å². The molecular formula is C11H18N2O5S. The van der Waals surface area contributed by atoms with Crippen molar-refractivity contribution in [3.63, 3.8) is 0 Å². The Labute approximate surface area is 112 Å². The lowest BCUT2D eigenvalue weighted by atomic mass is 10.2. The van der Waals surface area contributed by atoms with Crippen LogP contribution in [0.25, 0.3) is 0 Å². The molecular weight excluding hydrogens is 272 g/mol. The van der Waals surface area contributed by atoms with Crippen LogP contribution in [-0.2, 0) is 19.5 Å². The van der Waals surface area contributed by atoms with Crippen LogP contribution in [-0.4, -0.2) is 45.4 Å². The van der Waals surface area contributed by atoms with Gasteiger partial charge in [0.25, 0.3) is 0 Å². The van der Waals surface area contributed by atoms with E-state index in [9.17, 15) is 13.2 Å². The van der Waals surface area contributed by atoms with Crippen LogP contribution in [0.2, 0.25) is 0 Å². The topological polar surface area (TPSA) is 97.5 Å². The van der Waals surface area contributed by atoms with E-state index in [4.69, 9.17) is 9.47 Å². The molecule has 0 aromatic carbocycles. The number of methoxy groups -OCH3 is 1. The van der Waals surface area contributed by atoms with Crippen molar-refractivity contribution >= 4 is 21.7 Å². The third kappa shape index (κ3) is 4.25. The number of ether oxygens (including phenoxy) is 2. The predicted octanol–water partition coefficient (Wildman–Crippen LogP) is 0.888. The number of carbonyl (C=O) groups is 1. The summed E-state index contributed by atoms with van der Waals surface area (Å²) < 4.78 is 35.4. The van der Waals surface area contributed by atoms with Gasteiger partial charge >= 0.3 is 5.97 Å². The highest BCUT2D eigenvalue weighted by molar-refractivity contribution is 7.92. The summed E-state index contributed by atoms with van der Waals surface area (Å²) in [7, 11) is -2.14. The van der Waals surface area contributed by atoms with E-state index in [1.807, 2.05) is 0 Å². The molecule has 19 heavy (non-hydrogen) atoms. The van der Waals surface area contributed by atoms with Gasteiger partial charge < -0.3 is 14.5 Å². The van der Waals surface area contributed by atoms with E-state index in [0.717, 1.165) is 0 Å². The van der Waals surface area contributed by atoms with Crippen LogP contribution in [0.5, 0.6) is 0 Å². The Balaban J connectivity index is 2.93. The summed E-state index contributed by atoms with van der Waals surface area (Å²) in [6, 6.07) is 0. The number of aryl methyl sites for hydroxylation is 1. The number of hydrogen-bond donors (Lipinski definition) is 2. The number of H-pyrrole nitrogens is 1.